The first kappa shape index (κ1) is 16.7. The normalized spacial score (nSPS) is 14.8. The minimum absolute atomic E-state index is 0.129. The monoisotopic (exact) mass is 344 g/mol. The Labute approximate surface area is 147 Å². The predicted molar refractivity (Wildman–Crippen MR) is 95.6 cm³/mol. The minimum Gasteiger partial charge on any atom is -0.497 e. The molecule has 1 aliphatic rings. The van der Waals surface area contributed by atoms with Crippen LogP contribution < -0.4 is 15.4 Å². The van der Waals surface area contributed by atoms with E-state index < -0.39 is 0 Å². The molecule has 0 spiro atoms. The third-order valence-corrected chi connectivity index (χ3v) is 4.61. The van der Waals surface area contributed by atoms with E-state index in [1.165, 1.54) is 0 Å². The second-order valence-electron chi connectivity index (χ2n) is 6.07. The molecule has 0 aromatic heterocycles. The summed E-state index contributed by atoms with van der Waals surface area (Å²) in [6, 6.07) is 15.4. The number of ether oxygens (including phenoxy) is 1. The van der Waals surface area contributed by atoms with Gasteiger partial charge in [0.1, 0.15) is 5.75 Å². The Morgan fingerprint density at radius 1 is 1.12 bits per heavy atom. The van der Waals surface area contributed by atoms with E-state index in [4.69, 9.17) is 16.3 Å². The van der Waals surface area contributed by atoms with Crippen molar-refractivity contribution in [2.75, 3.05) is 13.7 Å². The van der Waals surface area contributed by atoms with Crippen molar-refractivity contribution in [3.05, 3.63) is 64.7 Å². The van der Waals surface area contributed by atoms with Crippen LogP contribution in [0.4, 0.5) is 4.79 Å². The average molecular weight is 345 g/mol. The third kappa shape index (κ3) is 4.01. The van der Waals surface area contributed by atoms with Gasteiger partial charge in [0.15, 0.2) is 0 Å². The second kappa shape index (κ2) is 7.14. The van der Waals surface area contributed by atoms with Gasteiger partial charge in [-0.1, -0.05) is 35.9 Å². The predicted octanol–water partition coefficient (Wildman–Crippen LogP) is 3.88. The van der Waals surface area contributed by atoms with Crippen molar-refractivity contribution >= 4 is 17.6 Å². The summed E-state index contributed by atoms with van der Waals surface area (Å²) >= 11 is 5.93. The number of hydrogen-bond donors (Lipinski definition) is 2. The van der Waals surface area contributed by atoms with Gasteiger partial charge in [0.2, 0.25) is 0 Å². The SMILES string of the molecule is COc1ccc(CCNC(=O)NC2(c3ccc(Cl)cc3)CC2)cc1. The van der Waals surface area contributed by atoms with Crippen LogP contribution in [0.1, 0.15) is 24.0 Å². The standard InChI is InChI=1S/C19H21ClN2O2/c1-24-17-8-2-14(3-9-17)10-13-21-18(23)22-19(11-12-19)15-4-6-16(20)7-5-15/h2-9H,10-13H2,1H3,(H2,21,22,23). The number of amides is 2. The van der Waals surface area contributed by atoms with E-state index in [0.717, 1.165) is 36.1 Å². The Kier molecular flexibility index (Phi) is 4.95. The number of urea groups is 1. The number of nitrogens with one attached hydrogen (secondary N) is 2. The van der Waals surface area contributed by atoms with E-state index in [0.29, 0.717) is 11.6 Å². The molecule has 4 nitrogen and oxygen atoms in total. The van der Waals surface area contributed by atoms with Crippen LogP contribution in [0.25, 0.3) is 0 Å². The molecule has 0 bridgehead atoms. The summed E-state index contributed by atoms with van der Waals surface area (Å²) in [6.07, 6.45) is 2.70. The van der Waals surface area contributed by atoms with Crippen LogP contribution in [0.5, 0.6) is 5.75 Å². The van der Waals surface area contributed by atoms with Crippen LogP contribution in [0.2, 0.25) is 5.02 Å². The number of hydrogen-bond acceptors (Lipinski definition) is 2. The first-order chi connectivity index (χ1) is 11.6. The quantitative estimate of drug-likeness (QED) is 0.835. The van der Waals surface area contributed by atoms with Gasteiger partial charge >= 0.3 is 6.03 Å². The van der Waals surface area contributed by atoms with Gasteiger partial charge in [0.05, 0.1) is 12.6 Å². The smallest absolute Gasteiger partial charge is 0.315 e. The first-order valence-corrected chi connectivity index (χ1v) is 8.44. The molecule has 1 saturated carbocycles. The molecule has 1 fully saturated rings. The molecular formula is C19H21ClN2O2. The Balaban J connectivity index is 1.48. The summed E-state index contributed by atoms with van der Waals surface area (Å²) in [7, 11) is 1.65. The largest absolute Gasteiger partial charge is 0.497 e. The lowest BCUT2D eigenvalue weighted by molar-refractivity contribution is 0.236. The molecule has 0 saturated heterocycles. The molecule has 2 amide bonds. The highest BCUT2D eigenvalue weighted by atomic mass is 35.5. The number of carbonyl (C=O) groups excluding carboxylic acids is 1. The Morgan fingerprint density at radius 2 is 1.79 bits per heavy atom. The molecule has 0 heterocycles. The number of carbonyl (C=O) groups is 1. The number of benzene rings is 2. The molecule has 2 aromatic rings. The van der Waals surface area contributed by atoms with Gasteiger partial charge in [-0.25, -0.2) is 4.79 Å². The molecule has 2 aromatic carbocycles. The maximum absolute atomic E-state index is 12.2. The second-order valence-corrected chi connectivity index (χ2v) is 6.50. The Morgan fingerprint density at radius 3 is 2.38 bits per heavy atom. The van der Waals surface area contributed by atoms with Crippen LogP contribution in [0.15, 0.2) is 48.5 Å². The number of rotatable bonds is 6. The van der Waals surface area contributed by atoms with Crippen LogP contribution in [-0.2, 0) is 12.0 Å². The molecule has 3 rings (SSSR count). The van der Waals surface area contributed by atoms with Gasteiger partial charge in [-0.05, 0) is 54.7 Å². The summed E-state index contributed by atoms with van der Waals surface area (Å²) < 4.78 is 5.14. The third-order valence-electron chi connectivity index (χ3n) is 4.36. The molecule has 0 unspecified atom stereocenters. The summed E-state index contributed by atoms with van der Waals surface area (Å²) in [6.45, 7) is 0.592. The molecule has 0 aliphatic heterocycles. The summed E-state index contributed by atoms with van der Waals surface area (Å²) in [5.41, 5.74) is 2.04. The van der Waals surface area contributed by atoms with E-state index >= 15 is 0 Å². The Hall–Kier alpha value is -2.20. The summed E-state index contributed by atoms with van der Waals surface area (Å²) in [4.78, 5) is 12.2. The van der Waals surface area contributed by atoms with Gasteiger partial charge in [-0.2, -0.15) is 0 Å². The fraction of sp³-hybridized carbons (Fsp3) is 0.316. The van der Waals surface area contributed by atoms with Crippen molar-refractivity contribution in [2.24, 2.45) is 0 Å². The van der Waals surface area contributed by atoms with Crippen molar-refractivity contribution in [1.82, 2.24) is 10.6 Å². The van der Waals surface area contributed by atoms with E-state index in [-0.39, 0.29) is 11.6 Å². The minimum atomic E-state index is -0.227. The zero-order chi connectivity index (χ0) is 17.0. The maximum atomic E-state index is 12.2. The van der Waals surface area contributed by atoms with E-state index in [9.17, 15) is 4.79 Å². The first-order valence-electron chi connectivity index (χ1n) is 8.06. The summed E-state index contributed by atoms with van der Waals surface area (Å²) in [5.74, 6) is 0.836. The topological polar surface area (TPSA) is 50.4 Å². The number of methoxy groups -OCH3 is 1. The van der Waals surface area contributed by atoms with Crippen molar-refractivity contribution in [2.45, 2.75) is 24.8 Å². The van der Waals surface area contributed by atoms with Crippen molar-refractivity contribution in [3.8, 4) is 5.75 Å². The van der Waals surface area contributed by atoms with Gasteiger partial charge < -0.3 is 15.4 Å². The highest BCUT2D eigenvalue weighted by Crippen LogP contribution is 2.45. The molecule has 0 radical (unpaired) electrons. The van der Waals surface area contributed by atoms with E-state index in [2.05, 4.69) is 10.6 Å². The van der Waals surface area contributed by atoms with Gasteiger partial charge in [-0.15, -0.1) is 0 Å². The molecular weight excluding hydrogens is 324 g/mol. The highest BCUT2D eigenvalue weighted by Gasteiger charge is 2.45. The lowest BCUT2D eigenvalue weighted by atomic mass is 10.1. The van der Waals surface area contributed by atoms with Crippen molar-refractivity contribution in [3.63, 3.8) is 0 Å². The zero-order valence-corrected chi connectivity index (χ0v) is 14.4. The fourth-order valence-electron chi connectivity index (χ4n) is 2.75. The lowest BCUT2D eigenvalue weighted by Gasteiger charge is -2.18. The van der Waals surface area contributed by atoms with Crippen LogP contribution in [-0.4, -0.2) is 19.7 Å². The van der Waals surface area contributed by atoms with Crippen molar-refractivity contribution < 1.29 is 9.53 Å². The molecule has 5 heteroatoms. The fourth-order valence-corrected chi connectivity index (χ4v) is 2.88. The number of halogens is 1. The molecule has 24 heavy (non-hydrogen) atoms. The molecule has 0 atom stereocenters. The van der Waals surface area contributed by atoms with Crippen LogP contribution >= 0.6 is 11.6 Å². The van der Waals surface area contributed by atoms with Crippen molar-refractivity contribution in [1.29, 1.82) is 0 Å². The molecule has 126 valence electrons. The average Bonchev–Trinajstić information content (AvgIpc) is 3.36. The lowest BCUT2D eigenvalue weighted by Crippen LogP contribution is -2.42. The maximum Gasteiger partial charge on any atom is 0.315 e. The van der Waals surface area contributed by atoms with Gasteiger partial charge in [0.25, 0.3) is 0 Å². The molecule has 2 N–H and O–H groups in total. The van der Waals surface area contributed by atoms with Gasteiger partial charge in [0, 0.05) is 11.6 Å². The van der Waals surface area contributed by atoms with Crippen LogP contribution in [0, 0.1) is 0 Å². The summed E-state index contributed by atoms with van der Waals surface area (Å²) in [5, 5.41) is 6.73. The highest BCUT2D eigenvalue weighted by molar-refractivity contribution is 6.30. The van der Waals surface area contributed by atoms with E-state index in [1.54, 1.807) is 7.11 Å². The Bertz CT molecular complexity index is 694. The van der Waals surface area contributed by atoms with Crippen LogP contribution in [0.3, 0.4) is 0 Å². The zero-order valence-electron chi connectivity index (χ0n) is 13.6. The van der Waals surface area contributed by atoms with E-state index in [1.807, 2.05) is 48.5 Å². The van der Waals surface area contributed by atoms with Gasteiger partial charge in [-0.3, -0.25) is 0 Å². The molecule has 1 aliphatic carbocycles.